The van der Waals surface area contributed by atoms with Crippen LogP contribution in [0.4, 0.5) is 16.5 Å². The molecule has 1 atom stereocenters. The molecule has 0 radical (unpaired) electrons. The summed E-state index contributed by atoms with van der Waals surface area (Å²) in [5, 5.41) is 6.75. The lowest BCUT2D eigenvalue weighted by Crippen LogP contribution is -2.33. The van der Waals surface area contributed by atoms with Gasteiger partial charge in [0.25, 0.3) is 0 Å². The van der Waals surface area contributed by atoms with Gasteiger partial charge in [0.15, 0.2) is 5.58 Å². The molecule has 10 heteroatoms. The molecule has 10 nitrogen and oxygen atoms in total. The van der Waals surface area contributed by atoms with E-state index in [2.05, 4.69) is 20.6 Å². The first kappa shape index (κ1) is 22.4. The van der Waals surface area contributed by atoms with Crippen molar-refractivity contribution in [2.45, 2.75) is 19.4 Å². The zero-order valence-corrected chi connectivity index (χ0v) is 19.1. The predicted octanol–water partition coefficient (Wildman–Crippen LogP) is 4.77. The van der Waals surface area contributed by atoms with Crippen molar-refractivity contribution in [2.24, 2.45) is 0 Å². The Balaban J connectivity index is 1.41. The van der Waals surface area contributed by atoms with Gasteiger partial charge in [0, 0.05) is 25.1 Å². The molecule has 0 saturated carbocycles. The van der Waals surface area contributed by atoms with Crippen molar-refractivity contribution in [2.75, 3.05) is 24.4 Å². The van der Waals surface area contributed by atoms with Gasteiger partial charge in [-0.25, -0.2) is 9.78 Å². The van der Waals surface area contributed by atoms with E-state index in [1.54, 1.807) is 24.4 Å². The highest BCUT2D eigenvalue weighted by molar-refractivity contribution is 5.92. The maximum absolute atomic E-state index is 13.1. The van der Waals surface area contributed by atoms with Gasteiger partial charge in [0.2, 0.25) is 11.8 Å². The van der Waals surface area contributed by atoms with Crippen LogP contribution in [0.15, 0.2) is 65.2 Å². The van der Waals surface area contributed by atoms with Crippen LogP contribution in [-0.4, -0.2) is 40.7 Å². The molecule has 2 N–H and O–H groups in total. The number of urea groups is 1. The van der Waals surface area contributed by atoms with Crippen LogP contribution in [0.2, 0.25) is 0 Å². The number of ether oxygens (including phenoxy) is 1. The molecule has 178 valence electrons. The first-order chi connectivity index (χ1) is 17.0. The minimum absolute atomic E-state index is 0.129. The molecule has 0 unspecified atom stereocenters. The maximum Gasteiger partial charge on any atom is 0.346 e. The SMILES string of the molecule is COc1ncc(-c2ccc3nc(NC(C)=O)oc3c2)cc1NC(=O)N1OCC[C@H]1c1ccccc1. The van der Waals surface area contributed by atoms with Crippen LogP contribution in [0.25, 0.3) is 22.2 Å². The number of carbonyl (C=O) groups excluding carboxylic acids is 2. The summed E-state index contributed by atoms with van der Waals surface area (Å²) in [4.78, 5) is 38.6. The number of hydroxylamine groups is 2. The van der Waals surface area contributed by atoms with E-state index in [-0.39, 0.29) is 23.8 Å². The quantitative estimate of drug-likeness (QED) is 0.429. The van der Waals surface area contributed by atoms with Gasteiger partial charge in [-0.3, -0.25) is 14.9 Å². The lowest BCUT2D eigenvalue weighted by molar-refractivity contribution is -0.114. The van der Waals surface area contributed by atoms with Crippen LogP contribution in [0.1, 0.15) is 24.9 Å². The maximum atomic E-state index is 13.1. The van der Waals surface area contributed by atoms with Crippen LogP contribution < -0.4 is 15.4 Å². The first-order valence-corrected chi connectivity index (χ1v) is 11.0. The highest BCUT2D eigenvalue weighted by Gasteiger charge is 2.32. The lowest BCUT2D eigenvalue weighted by Gasteiger charge is -2.23. The number of nitrogens with zero attached hydrogens (tertiary/aromatic N) is 3. The number of methoxy groups -OCH3 is 1. The fourth-order valence-electron chi connectivity index (χ4n) is 3.99. The third-order valence-corrected chi connectivity index (χ3v) is 5.58. The zero-order chi connectivity index (χ0) is 24.4. The van der Waals surface area contributed by atoms with E-state index in [9.17, 15) is 9.59 Å². The topological polar surface area (TPSA) is 119 Å². The third-order valence-electron chi connectivity index (χ3n) is 5.58. The first-order valence-electron chi connectivity index (χ1n) is 11.0. The van der Waals surface area contributed by atoms with Gasteiger partial charge in [0.1, 0.15) is 11.2 Å². The van der Waals surface area contributed by atoms with Gasteiger partial charge >= 0.3 is 12.0 Å². The summed E-state index contributed by atoms with van der Waals surface area (Å²) in [6.07, 6.45) is 2.34. The second-order valence-corrected chi connectivity index (χ2v) is 7.97. The Morgan fingerprint density at radius 2 is 1.91 bits per heavy atom. The molecule has 3 heterocycles. The Morgan fingerprint density at radius 3 is 2.69 bits per heavy atom. The van der Waals surface area contributed by atoms with Crippen molar-refractivity contribution in [3.63, 3.8) is 0 Å². The smallest absolute Gasteiger partial charge is 0.346 e. The van der Waals surface area contributed by atoms with E-state index in [0.29, 0.717) is 29.8 Å². The summed E-state index contributed by atoms with van der Waals surface area (Å²) in [5.74, 6) is -0.000696. The Labute approximate surface area is 200 Å². The molecule has 5 rings (SSSR count). The second-order valence-electron chi connectivity index (χ2n) is 7.97. The van der Waals surface area contributed by atoms with Crippen molar-refractivity contribution < 1.29 is 23.6 Å². The fraction of sp³-hybridized carbons (Fsp3) is 0.200. The molecular formula is C25H23N5O5. The number of rotatable bonds is 5. The summed E-state index contributed by atoms with van der Waals surface area (Å²) in [6.45, 7) is 1.83. The predicted molar refractivity (Wildman–Crippen MR) is 129 cm³/mol. The monoisotopic (exact) mass is 473 g/mol. The molecule has 35 heavy (non-hydrogen) atoms. The summed E-state index contributed by atoms with van der Waals surface area (Å²) in [7, 11) is 1.49. The minimum Gasteiger partial charge on any atom is -0.480 e. The number of oxazole rings is 1. The largest absolute Gasteiger partial charge is 0.480 e. The van der Waals surface area contributed by atoms with E-state index < -0.39 is 6.03 Å². The zero-order valence-electron chi connectivity index (χ0n) is 19.1. The van der Waals surface area contributed by atoms with Gasteiger partial charge in [-0.05, 0) is 29.3 Å². The summed E-state index contributed by atoms with van der Waals surface area (Å²) in [6, 6.07) is 16.5. The Hall–Kier alpha value is -4.44. The molecule has 1 fully saturated rings. The number of amides is 3. The van der Waals surface area contributed by atoms with Gasteiger partial charge in [0.05, 0.1) is 19.8 Å². The van der Waals surface area contributed by atoms with Crippen molar-refractivity contribution in [1.29, 1.82) is 0 Å². The summed E-state index contributed by atoms with van der Waals surface area (Å²) >= 11 is 0. The van der Waals surface area contributed by atoms with E-state index in [1.807, 2.05) is 36.4 Å². The van der Waals surface area contributed by atoms with Crippen LogP contribution in [0, 0.1) is 0 Å². The summed E-state index contributed by atoms with van der Waals surface area (Å²) < 4.78 is 11.0. The van der Waals surface area contributed by atoms with Crippen molar-refractivity contribution >= 4 is 34.7 Å². The molecule has 0 aliphatic carbocycles. The molecule has 0 spiro atoms. The van der Waals surface area contributed by atoms with Crippen molar-refractivity contribution in [3.8, 4) is 17.0 Å². The number of pyridine rings is 1. The third kappa shape index (κ3) is 4.64. The molecule has 1 aliphatic heterocycles. The molecule has 1 saturated heterocycles. The van der Waals surface area contributed by atoms with Crippen LogP contribution in [-0.2, 0) is 9.63 Å². The molecular weight excluding hydrogens is 450 g/mol. The Kier molecular flexibility index (Phi) is 6.02. The van der Waals surface area contributed by atoms with Crippen molar-refractivity contribution in [3.05, 3.63) is 66.4 Å². The normalized spacial score (nSPS) is 15.3. The van der Waals surface area contributed by atoms with Gasteiger partial charge in [-0.1, -0.05) is 36.4 Å². The molecule has 0 bridgehead atoms. The standard InChI is InChI=1S/C25H23N5O5/c1-15(31)27-24-28-19-9-8-17(13-22(19)35-24)18-12-20(23(33-2)26-14-18)29-25(32)30-21(10-11-34-30)16-6-4-3-5-7-16/h3-9,12-14,21H,10-11H2,1-2H3,(H,29,32)(H,27,28,31)/t21-/m0/s1. The number of hydrogen-bond donors (Lipinski definition) is 2. The highest BCUT2D eigenvalue weighted by Crippen LogP contribution is 2.34. The fourth-order valence-corrected chi connectivity index (χ4v) is 3.99. The molecule has 1 aliphatic rings. The Bertz CT molecular complexity index is 1390. The number of benzene rings is 2. The number of anilines is 2. The number of fused-ring (bicyclic) bond motifs is 1. The van der Waals surface area contributed by atoms with E-state index in [4.69, 9.17) is 14.0 Å². The van der Waals surface area contributed by atoms with Gasteiger partial charge in [-0.15, -0.1) is 0 Å². The number of nitrogens with one attached hydrogen (secondary N) is 2. The molecule has 2 aromatic heterocycles. The lowest BCUT2D eigenvalue weighted by atomic mass is 10.1. The van der Waals surface area contributed by atoms with Gasteiger partial charge < -0.3 is 14.5 Å². The van der Waals surface area contributed by atoms with Crippen molar-refractivity contribution in [1.82, 2.24) is 15.0 Å². The molecule has 2 aromatic carbocycles. The number of carbonyl (C=O) groups is 2. The van der Waals surface area contributed by atoms with Crippen LogP contribution in [0.3, 0.4) is 0 Å². The number of hydrogen-bond acceptors (Lipinski definition) is 7. The molecule has 4 aromatic rings. The van der Waals surface area contributed by atoms with E-state index in [1.165, 1.54) is 19.1 Å². The van der Waals surface area contributed by atoms with Crippen LogP contribution in [0.5, 0.6) is 5.88 Å². The van der Waals surface area contributed by atoms with E-state index >= 15 is 0 Å². The average Bonchev–Trinajstić information content (AvgIpc) is 3.50. The average molecular weight is 473 g/mol. The Morgan fingerprint density at radius 1 is 1.09 bits per heavy atom. The number of aromatic nitrogens is 2. The van der Waals surface area contributed by atoms with Gasteiger partial charge in [-0.2, -0.15) is 10.0 Å². The van der Waals surface area contributed by atoms with E-state index in [0.717, 1.165) is 16.7 Å². The second kappa shape index (κ2) is 9.43. The molecule has 3 amide bonds. The van der Waals surface area contributed by atoms with Crippen LogP contribution >= 0.6 is 0 Å². The minimum atomic E-state index is -0.417. The summed E-state index contributed by atoms with van der Waals surface area (Å²) in [5.41, 5.74) is 4.01. The highest BCUT2D eigenvalue weighted by atomic mass is 16.7.